The SMILES string of the molecule is CC1=C(C)C(C)[C]([Ti]2([NH]C34CC5(C)CC(C)(CC(C)(C5)C3)C4)[CH](C)[CH]2C)=C1C. The Bertz CT molecular complexity index is 755. The minimum atomic E-state index is -2.29. The van der Waals surface area contributed by atoms with E-state index in [0.29, 0.717) is 27.7 Å². The molecule has 0 aromatic rings. The van der Waals surface area contributed by atoms with Crippen LogP contribution in [0.5, 0.6) is 0 Å². The first-order valence-corrected chi connectivity index (χ1v) is 15.3. The van der Waals surface area contributed by atoms with Gasteiger partial charge in [-0.2, -0.15) is 0 Å². The molecule has 3 unspecified atom stereocenters. The summed E-state index contributed by atoms with van der Waals surface area (Å²) in [5, 5.41) is 0. The molecule has 1 nitrogen and oxygen atoms in total. The Morgan fingerprint density at radius 1 is 0.714 bits per heavy atom. The van der Waals surface area contributed by atoms with Crippen molar-refractivity contribution in [3.05, 3.63) is 20.6 Å². The summed E-state index contributed by atoms with van der Waals surface area (Å²) < 4.78 is 8.55. The van der Waals surface area contributed by atoms with Gasteiger partial charge in [0.05, 0.1) is 0 Å². The first-order valence-electron chi connectivity index (χ1n) is 12.0. The number of hydrogen-bond acceptors (Lipinski definition) is 1. The first-order chi connectivity index (χ1) is 12.8. The van der Waals surface area contributed by atoms with Crippen molar-refractivity contribution in [2.45, 2.75) is 115 Å². The molecule has 6 aliphatic rings. The third-order valence-electron chi connectivity index (χ3n) is 10.5. The summed E-state index contributed by atoms with van der Waals surface area (Å²) in [4.78, 5) is 0. The van der Waals surface area contributed by atoms with Crippen molar-refractivity contribution >= 4 is 0 Å². The van der Waals surface area contributed by atoms with Gasteiger partial charge in [0.2, 0.25) is 0 Å². The van der Waals surface area contributed by atoms with Crippen LogP contribution >= 0.6 is 0 Å². The predicted molar refractivity (Wildman–Crippen MR) is 117 cm³/mol. The second-order valence-electron chi connectivity index (χ2n) is 13.4. The van der Waals surface area contributed by atoms with E-state index in [9.17, 15) is 0 Å². The van der Waals surface area contributed by atoms with E-state index in [1.165, 1.54) is 38.5 Å². The van der Waals surface area contributed by atoms with Crippen LogP contribution in [-0.2, 0) is 16.8 Å². The van der Waals surface area contributed by atoms with Crippen LogP contribution in [0.1, 0.15) is 101 Å². The maximum absolute atomic E-state index is 4.73. The summed E-state index contributed by atoms with van der Waals surface area (Å²) in [5.41, 5.74) is 7.10. The molecule has 0 spiro atoms. The van der Waals surface area contributed by atoms with E-state index >= 15 is 0 Å². The summed E-state index contributed by atoms with van der Waals surface area (Å²) >= 11 is -2.29. The molecule has 0 aromatic carbocycles. The van der Waals surface area contributed by atoms with Gasteiger partial charge in [-0.1, -0.05) is 0 Å². The topological polar surface area (TPSA) is 12.0 Å². The monoisotopic (exact) mass is 417 g/mol. The van der Waals surface area contributed by atoms with E-state index in [1.807, 2.05) is 3.88 Å². The molecule has 1 heterocycles. The van der Waals surface area contributed by atoms with Crippen molar-refractivity contribution in [2.24, 2.45) is 22.2 Å². The van der Waals surface area contributed by atoms with Crippen molar-refractivity contribution < 1.29 is 16.8 Å². The third-order valence-corrected chi connectivity index (χ3v) is 20.1. The fraction of sp³-hybridized carbons (Fsp3) is 0.846. The summed E-state index contributed by atoms with van der Waals surface area (Å²) in [5.74, 6) is 0.690. The van der Waals surface area contributed by atoms with E-state index in [-0.39, 0.29) is 0 Å². The summed E-state index contributed by atoms with van der Waals surface area (Å²) in [6.07, 6.45) is 8.77. The Morgan fingerprint density at radius 3 is 1.46 bits per heavy atom. The molecule has 1 N–H and O–H groups in total. The normalized spacial score (nSPS) is 57.5. The number of rotatable bonds is 3. The third kappa shape index (κ3) is 2.45. The molecule has 2 heteroatoms. The van der Waals surface area contributed by atoms with Gasteiger partial charge in [-0.3, -0.25) is 0 Å². The quantitative estimate of drug-likeness (QED) is 0.465. The zero-order chi connectivity index (χ0) is 20.5. The van der Waals surface area contributed by atoms with E-state index in [4.69, 9.17) is 3.80 Å². The van der Waals surface area contributed by atoms with Gasteiger partial charge in [0.15, 0.2) is 0 Å². The molecule has 5 aliphatic carbocycles. The van der Waals surface area contributed by atoms with Crippen molar-refractivity contribution in [3.8, 4) is 0 Å². The molecule has 1 aliphatic heterocycles. The van der Waals surface area contributed by atoms with Crippen molar-refractivity contribution in [1.82, 2.24) is 3.80 Å². The molecule has 6 rings (SSSR count). The summed E-state index contributed by atoms with van der Waals surface area (Å²) in [7, 11) is 0. The molecule has 3 atom stereocenters. The van der Waals surface area contributed by atoms with Crippen LogP contribution in [-0.4, -0.2) is 5.54 Å². The van der Waals surface area contributed by atoms with Gasteiger partial charge < -0.3 is 0 Å². The van der Waals surface area contributed by atoms with Gasteiger partial charge in [0, 0.05) is 0 Å². The molecule has 28 heavy (non-hydrogen) atoms. The molecule has 0 amide bonds. The fourth-order valence-electron chi connectivity index (χ4n) is 10.5. The molecule has 4 saturated carbocycles. The molecule has 5 fully saturated rings. The van der Waals surface area contributed by atoms with E-state index in [2.05, 4.69) is 62.3 Å². The van der Waals surface area contributed by atoms with Gasteiger partial charge in [0.25, 0.3) is 0 Å². The second-order valence-corrected chi connectivity index (χ2v) is 20.2. The maximum atomic E-state index is 4.73. The molecule has 156 valence electrons. The van der Waals surface area contributed by atoms with Crippen LogP contribution in [0.15, 0.2) is 20.6 Å². The van der Waals surface area contributed by atoms with E-state index in [1.54, 1.807) is 16.7 Å². The van der Waals surface area contributed by atoms with Crippen LogP contribution in [0, 0.1) is 22.2 Å². The Morgan fingerprint density at radius 2 is 1.14 bits per heavy atom. The fourth-order valence-corrected chi connectivity index (χ4v) is 20.9. The number of hydrogen-bond donors (Lipinski definition) is 1. The molecule has 1 saturated heterocycles. The average molecular weight is 418 g/mol. The Labute approximate surface area is 177 Å². The van der Waals surface area contributed by atoms with Gasteiger partial charge in [-0.15, -0.1) is 0 Å². The van der Waals surface area contributed by atoms with Crippen molar-refractivity contribution in [3.63, 3.8) is 0 Å². The second kappa shape index (κ2) is 5.49. The number of nitrogens with one attached hydrogen (secondary N) is 1. The Hall–Kier alpha value is 0.154. The molecular formula is C26H43NTi. The van der Waals surface area contributed by atoms with Crippen LogP contribution in [0.3, 0.4) is 0 Å². The zero-order valence-electron chi connectivity index (χ0n) is 20.0. The van der Waals surface area contributed by atoms with Gasteiger partial charge >= 0.3 is 178 Å². The van der Waals surface area contributed by atoms with Crippen molar-refractivity contribution in [2.75, 3.05) is 0 Å². The van der Waals surface area contributed by atoms with Crippen LogP contribution < -0.4 is 3.80 Å². The van der Waals surface area contributed by atoms with E-state index in [0.717, 1.165) is 8.45 Å². The Kier molecular flexibility index (Phi) is 3.94. The van der Waals surface area contributed by atoms with Gasteiger partial charge in [-0.25, -0.2) is 0 Å². The van der Waals surface area contributed by atoms with Crippen LogP contribution in [0.2, 0.25) is 8.45 Å². The first kappa shape index (κ1) is 20.1. The van der Waals surface area contributed by atoms with Crippen LogP contribution in [0.25, 0.3) is 0 Å². The average Bonchev–Trinajstić information content (AvgIpc) is 2.93. The summed E-state index contributed by atoms with van der Waals surface area (Å²) in [6.45, 7) is 22.8. The van der Waals surface area contributed by atoms with Gasteiger partial charge in [0.1, 0.15) is 0 Å². The molecule has 0 aromatic heterocycles. The Balaban J connectivity index is 1.57. The molecule has 0 radical (unpaired) electrons. The van der Waals surface area contributed by atoms with E-state index < -0.39 is 16.8 Å². The van der Waals surface area contributed by atoms with Gasteiger partial charge in [-0.05, 0) is 0 Å². The zero-order valence-corrected chi connectivity index (χ0v) is 21.5. The summed E-state index contributed by atoms with van der Waals surface area (Å²) in [6, 6.07) is 0. The number of allylic oxidation sites excluding steroid dienone is 4. The predicted octanol–water partition coefficient (Wildman–Crippen LogP) is 7.67. The van der Waals surface area contributed by atoms with Crippen LogP contribution in [0.4, 0.5) is 0 Å². The standard InChI is InChI=1S/C13H22N.C9H13.C4H8.Ti/c1-10-4-11(2)6-12(3,5-10)9-13(14,7-10)8-11;1-6-5-7(2)9(4)8(6)3;1-3-4-2;/h14H,4-9H2,1-3H3;6H,1-4H3;3-4H,1-2H3;/q-1;;;+1. The van der Waals surface area contributed by atoms with Crippen molar-refractivity contribution in [1.29, 1.82) is 0 Å². The molecular weight excluding hydrogens is 374 g/mol. The molecule has 4 bridgehead atoms. The minimum absolute atomic E-state index is 0.434.